The van der Waals surface area contributed by atoms with E-state index in [0.29, 0.717) is 0 Å². The summed E-state index contributed by atoms with van der Waals surface area (Å²) in [6, 6.07) is 30.4. The molecule has 0 amide bonds. The molecule has 4 heterocycles. The molecule has 0 bridgehead atoms. The Labute approximate surface area is 199 Å². The molecule has 2 aliphatic rings. The van der Waals surface area contributed by atoms with Gasteiger partial charge < -0.3 is 0 Å². The van der Waals surface area contributed by atoms with Crippen molar-refractivity contribution in [1.82, 2.24) is 20.2 Å². The summed E-state index contributed by atoms with van der Waals surface area (Å²) in [5, 5.41) is 13.0. The summed E-state index contributed by atoms with van der Waals surface area (Å²) in [6.45, 7) is 0. The highest BCUT2D eigenvalue weighted by atomic mass is 28.3. The Bertz CT molecular complexity index is 1480. The lowest BCUT2D eigenvalue weighted by Crippen LogP contribution is -2.74. The second kappa shape index (κ2) is 7.60. The van der Waals surface area contributed by atoms with Crippen molar-refractivity contribution in [2.24, 2.45) is 0 Å². The number of benzene rings is 2. The number of fused-ring (bicyclic) bond motifs is 4. The molecule has 0 saturated carbocycles. The molecule has 3 aromatic heterocycles. The first-order valence-electron chi connectivity index (χ1n) is 12.0. The summed E-state index contributed by atoms with van der Waals surface area (Å²) < 4.78 is 0. The van der Waals surface area contributed by atoms with Gasteiger partial charge >= 0.3 is 0 Å². The third-order valence-electron chi connectivity index (χ3n) is 7.43. The van der Waals surface area contributed by atoms with Crippen molar-refractivity contribution in [1.29, 1.82) is 0 Å². The van der Waals surface area contributed by atoms with E-state index in [0.717, 1.165) is 34.9 Å². The summed E-state index contributed by atoms with van der Waals surface area (Å²) in [5.41, 5.74) is 7.21. The van der Waals surface area contributed by atoms with Crippen LogP contribution in [0.25, 0.3) is 22.5 Å². The van der Waals surface area contributed by atoms with E-state index in [2.05, 4.69) is 84.0 Å². The summed E-state index contributed by atoms with van der Waals surface area (Å²) in [6.07, 6.45) is 6.51. The van der Waals surface area contributed by atoms with Gasteiger partial charge in [0.05, 0.1) is 5.69 Å². The van der Waals surface area contributed by atoms with Crippen LogP contribution in [0.4, 0.5) is 0 Å². The molecule has 7 rings (SSSR count). The zero-order chi connectivity index (χ0) is 22.5. The van der Waals surface area contributed by atoms with E-state index in [9.17, 15) is 0 Å². The quantitative estimate of drug-likeness (QED) is 0.417. The van der Waals surface area contributed by atoms with Gasteiger partial charge in [-0.05, 0) is 71.4 Å². The zero-order valence-corrected chi connectivity index (χ0v) is 19.8. The Kier molecular flexibility index (Phi) is 4.39. The molecule has 4 nitrogen and oxygen atoms in total. The van der Waals surface area contributed by atoms with E-state index >= 15 is 0 Å². The molecule has 0 radical (unpaired) electrons. The van der Waals surface area contributed by atoms with Crippen LogP contribution >= 0.6 is 0 Å². The minimum Gasteiger partial charge on any atom is -0.282 e. The molecule has 34 heavy (non-hydrogen) atoms. The lowest BCUT2D eigenvalue weighted by Gasteiger charge is -2.29. The molecule has 5 aromatic rings. The fourth-order valence-corrected chi connectivity index (χ4v) is 10.8. The summed E-state index contributed by atoms with van der Waals surface area (Å²) >= 11 is 0. The Hall–Kier alpha value is -3.83. The van der Waals surface area contributed by atoms with E-state index in [4.69, 9.17) is 15.1 Å². The van der Waals surface area contributed by atoms with Crippen LogP contribution in [0.3, 0.4) is 0 Å². The minimum atomic E-state index is -2.67. The SMILES string of the molecule is c1ccc([Si]2(c3cccc(-c4n[nH]c5c4CCCC5)n3)c3ccccc3-c3ccccc32)nc1. The molecule has 164 valence electrons. The highest BCUT2D eigenvalue weighted by Crippen LogP contribution is 2.30. The zero-order valence-electron chi connectivity index (χ0n) is 18.8. The van der Waals surface area contributed by atoms with Gasteiger partial charge in [-0.3, -0.25) is 15.1 Å². The first kappa shape index (κ1) is 19.6. The standard InChI is InChI=1S/C29H24N4Si/c1-4-13-23-22(12-1)29(33-32-23)24-14-9-18-28(31-24)34(27-17-7-8-19-30-27)25-15-5-2-10-20(25)21-11-3-6-16-26(21)34/h2-3,5-11,14-19H,1,4,12-13H2,(H,32,33). The number of nitrogens with one attached hydrogen (secondary N) is 1. The van der Waals surface area contributed by atoms with Gasteiger partial charge in [-0.2, -0.15) is 5.10 Å². The second-order valence-corrected chi connectivity index (χ2v) is 12.8. The molecule has 0 fully saturated rings. The smallest absolute Gasteiger partial charge is 0.224 e. The van der Waals surface area contributed by atoms with Gasteiger partial charge in [0.2, 0.25) is 8.07 Å². The van der Waals surface area contributed by atoms with E-state index in [1.165, 1.54) is 45.6 Å². The van der Waals surface area contributed by atoms with Crippen molar-refractivity contribution in [3.8, 4) is 22.5 Å². The fourth-order valence-electron chi connectivity index (χ4n) is 5.97. The van der Waals surface area contributed by atoms with Crippen LogP contribution in [0.2, 0.25) is 0 Å². The first-order valence-corrected chi connectivity index (χ1v) is 14.0. The molecule has 5 heteroatoms. The van der Waals surface area contributed by atoms with Crippen LogP contribution in [-0.4, -0.2) is 28.2 Å². The van der Waals surface area contributed by atoms with Crippen LogP contribution in [-0.2, 0) is 12.8 Å². The topological polar surface area (TPSA) is 54.5 Å². The predicted molar refractivity (Wildman–Crippen MR) is 139 cm³/mol. The van der Waals surface area contributed by atoms with Gasteiger partial charge in [0, 0.05) is 28.1 Å². The Morgan fingerprint density at radius 1 is 0.676 bits per heavy atom. The number of rotatable bonds is 3. The summed E-state index contributed by atoms with van der Waals surface area (Å²) in [5.74, 6) is 0. The third kappa shape index (κ3) is 2.67. The van der Waals surface area contributed by atoms with Crippen LogP contribution in [0, 0.1) is 0 Å². The minimum absolute atomic E-state index is 0.960. The van der Waals surface area contributed by atoms with E-state index < -0.39 is 8.07 Å². The normalized spacial score (nSPS) is 15.4. The molecule has 2 aromatic carbocycles. The average molecular weight is 457 g/mol. The number of hydrogen-bond donors (Lipinski definition) is 1. The van der Waals surface area contributed by atoms with Crippen LogP contribution in [0.15, 0.2) is 91.1 Å². The summed E-state index contributed by atoms with van der Waals surface area (Å²) in [7, 11) is -2.67. The number of aromatic nitrogens is 4. The van der Waals surface area contributed by atoms with Crippen molar-refractivity contribution < 1.29 is 0 Å². The van der Waals surface area contributed by atoms with Crippen molar-refractivity contribution >= 4 is 29.1 Å². The molecular formula is C29H24N4Si. The lowest BCUT2D eigenvalue weighted by atomic mass is 9.95. The van der Waals surface area contributed by atoms with Crippen molar-refractivity contribution in [2.45, 2.75) is 25.7 Å². The van der Waals surface area contributed by atoms with Gasteiger partial charge in [-0.1, -0.05) is 60.7 Å². The Morgan fingerprint density at radius 3 is 2.15 bits per heavy atom. The van der Waals surface area contributed by atoms with Crippen LogP contribution in [0.5, 0.6) is 0 Å². The molecule has 0 unspecified atom stereocenters. The van der Waals surface area contributed by atoms with Crippen molar-refractivity contribution in [3.63, 3.8) is 0 Å². The fraction of sp³-hybridized carbons (Fsp3) is 0.138. The van der Waals surface area contributed by atoms with Gasteiger partial charge in [-0.15, -0.1) is 0 Å². The number of H-pyrrole nitrogens is 1. The average Bonchev–Trinajstić information content (AvgIpc) is 3.47. The summed E-state index contributed by atoms with van der Waals surface area (Å²) in [4.78, 5) is 10.4. The molecule has 1 N–H and O–H groups in total. The lowest BCUT2D eigenvalue weighted by molar-refractivity contribution is 0.675. The van der Waals surface area contributed by atoms with Gasteiger partial charge in [0.1, 0.15) is 5.69 Å². The number of pyridine rings is 2. The highest BCUT2D eigenvalue weighted by Gasteiger charge is 2.51. The van der Waals surface area contributed by atoms with Gasteiger partial charge in [-0.25, -0.2) is 0 Å². The van der Waals surface area contributed by atoms with E-state index in [1.807, 2.05) is 12.3 Å². The van der Waals surface area contributed by atoms with E-state index in [-0.39, 0.29) is 0 Å². The molecule has 0 spiro atoms. The third-order valence-corrected chi connectivity index (χ3v) is 12.0. The maximum Gasteiger partial charge on any atom is 0.224 e. The number of nitrogens with zero attached hydrogens (tertiary/aromatic N) is 3. The van der Waals surface area contributed by atoms with Crippen LogP contribution in [0.1, 0.15) is 24.1 Å². The molecular weight excluding hydrogens is 432 g/mol. The maximum atomic E-state index is 5.39. The number of aryl methyl sites for hydroxylation is 1. The first-order chi connectivity index (χ1) is 16.9. The maximum absolute atomic E-state index is 5.39. The number of aromatic amines is 1. The Morgan fingerprint density at radius 2 is 1.38 bits per heavy atom. The monoisotopic (exact) mass is 456 g/mol. The molecule has 0 saturated heterocycles. The Balaban J connectivity index is 1.53. The highest BCUT2D eigenvalue weighted by molar-refractivity contribution is 7.21. The van der Waals surface area contributed by atoms with Crippen molar-refractivity contribution in [2.75, 3.05) is 0 Å². The predicted octanol–water partition coefficient (Wildman–Crippen LogP) is 3.10. The number of hydrogen-bond acceptors (Lipinski definition) is 3. The second-order valence-electron chi connectivity index (χ2n) is 9.20. The van der Waals surface area contributed by atoms with Gasteiger partial charge in [0.15, 0.2) is 0 Å². The van der Waals surface area contributed by atoms with Crippen LogP contribution < -0.4 is 21.0 Å². The molecule has 1 aliphatic carbocycles. The largest absolute Gasteiger partial charge is 0.282 e. The van der Waals surface area contributed by atoms with E-state index in [1.54, 1.807) is 0 Å². The van der Waals surface area contributed by atoms with Gasteiger partial charge in [0.25, 0.3) is 0 Å². The molecule has 1 aliphatic heterocycles. The molecule has 0 atom stereocenters. The van der Waals surface area contributed by atoms with Crippen molar-refractivity contribution in [3.05, 3.63) is 102 Å².